The van der Waals surface area contributed by atoms with E-state index in [1.54, 1.807) is 0 Å². The van der Waals surface area contributed by atoms with E-state index in [2.05, 4.69) is 11.3 Å². The van der Waals surface area contributed by atoms with Gasteiger partial charge in [0.05, 0.1) is 11.5 Å². The highest BCUT2D eigenvalue weighted by atomic mass is 16.6. The maximum atomic E-state index is 11.8. The Bertz CT molecular complexity index is 342. The SMILES string of the molecule is C=C(C(=O)O)C(C(C)O)C(C)(C)C(=O)OC(C)O. The Morgan fingerprint density at radius 1 is 1.22 bits per heavy atom. The van der Waals surface area contributed by atoms with Gasteiger partial charge < -0.3 is 20.1 Å². The first kappa shape index (κ1) is 16.6. The van der Waals surface area contributed by atoms with Gasteiger partial charge in [-0.3, -0.25) is 4.79 Å². The molecule has 104 valence electrons. The molecule has 0 bridgehead atoms. The fourth-order valence-corrected chi connectivity index (χ4v) is 1.90. The standard InChI is InChI=1S/C12H20O6/c1-6(10(15)16)9(7(2)13)12(4,5)11(17)18-8(3)14/h7-9,13-14H,1H2,2-5H3,(H,15,16). The molecule has 0 fully saturated rings. The summed E-state index contributed by atoms with van der Waals surface area (Å²) < 4.78 is 4.65. The van der Waals surface area contributed by atoms with Crippen molar-refractivity contribution in [3.63, 3.8) is 0 Å². The number of rotatable bonds is 6. The predicted molar refractivity (Wildman–Crippen MR) is 63.5 cm³/mol. The number of aliphatic hydroxyl groups excluding tert-OH is 2. The first-order valence-electron chi connectivity index (χ1n) is 5.51. The molecule has 3 unspecified atom stereocenters. The van der Waals surface area contributed by atoms with Gasteiger partial charge in [0.15, 0.2) is 6.29 Å². The van der Waals surface area contributed by atoms with Gasteiger partial charge in [0, 0.05) is 11.5 Å². The van der Waals surface area contributed by atoms with E-state index in [4.69, 9.17) is 10.2 Å². The number of carbonyl (C=O) groups is 2. The molecule has 18 heavy (non-hydrogen) atoms. The van der Waals surface area contributed by atoms with Gasteiger partial charge in [-0.15, -0.1) is 0 Å². The van der Waals surface area contributed by atoms with Gasteiger partial charge in [0.1, 0.15) is 0 Å². The van der Waals surface area contributed by atoms with E-state index in [9.17, 15) is 14.7 Å². The lowest BCUT2D eigenvalue weighted by Gasteiger charge is -2.34. The second-order valence-electron chi connectivity index (χ2n) is 4.77. The maximum Gasteiger partial charge on any atom is 0.331 e. The van der Waals surface area contributed by atoms with Gasteiger partial charge in [-0.2, -0.15) is 0 Å². The van der Waals surface area contributed by atoms with Crippen LogP contribution in [0, 0.1) is 11.3 Å². The number of carboxylic acids is 1. The number of carbonyl (C=O) groups excluding carboxylic acids is 1. The first-order chi connectivity index (χ1) is 8.01. The van der Waals surface area contributed by atoms with Crippen molar-refractivity contribution in [2.45, 2.75) is 40.1 Å². The molecule has 0 aromatic heterocycles. The number of hydrogen-bond acceptors (Lipinski definition) is 5. The van der Waals surface area contributed by atoms with E-state index in [-0.39, 0.29) is 5.57 Å². The summed E-state index contributed by atoms with van der Waals surface area (Å²) in [4.78, 5) is 22.7. The molecule has 6 nitrogen and oxygen atoms in total. The van der Waals surface area contributed by atoms with E-state index < -0.39 is 35.7 Å². The minimum absolute atomic E-state index is 0.280. The molecular weight excluding hydrogens is 240 g/mol. The molecule has 0 spiro atoms. The molecule has 0 amide bonds. The van der Waals surface area contributed by atoms with Crippen LogP contribution in [0.4, 0.5) is 0 Å². The average molecular weight is 260 g/mol. The Kier molecular flexibility index (Phi) is 5.51. The van der Waals surface area contributed by atoms with Crippen LogP contribution < -0.4 is 0 Å². The lowest BCUT2D eigenvalue weighted by Crippen LogP contribution is -2.43. The summed E-state index contributed by atoms with van der Waals surface area (Å²) in [6.45, 7) is 8.87. The number of esters is 1. The van der Waals surface area contributed by atoms with Crippen LogP contribution in [0.25, 0.3) is 0 Å². The molecule has 0 aromatic rings. The quantitative estimate of drug-likeness (QED) is 0.365. The van der Waals surface area contributed by atoms with E-state index in [0.29, 0.717) is 0 Å². The molecular formula is C12H20O6. The molecule has 0 heterocycles. The fraction of sp³-hybridized carbons (Fsp3) is 0.667. The van der Waals surface area contributed by atoms with Crippen LogP contribution >= 0.6 is 0 Å². The summed E-state index contributed by atoms with van der Waals surface area (Å²) in [5.41, 5.74) is -1.60. The smallest absolute Gasteiger partial charge is 0.331 e. The van der Waals surface area contributed by atoms with Crippen LogP contribution in [0.3, 0.4) is 0 Å². The van der Waals surface area contributed by atoms with Crippen molar-refractivity contribution in [3.8, 4) is 0 Å². The van der Waals surface area contributed by atoms with Gasteiger partial charge in [0.2, 0.25) is 0 Å². The van der Waals surface area contributed by atoms with Gasteiger partial charge >= 0.3 is 11.9 Å². The summed E-state index contributed by atoms with van der Waals surface area (Å²) in [5.74, 6) is -3.11. The Balaban J connectivity index is 5.28. The van der Waals surface area contributed by atoms with Crippen molar-refractivity contribution < 1.29 is 29.6 Å². The summed E-state index contributed by atoms with van der Waals surface area (Å²) >= 11 is 0. The second-order valence-corrected chi connectivity index (χ2v) is 4.77. The highest BCUT2D eigenvalue weighted by molar-refractivity contribution is 5.89. The van der Waals surface area contributed by atoms with Crippen molar-refractivity contribution in [1.82, 2.24) is 0 Å². The molecule has 0 aromatic carbocycles. The Morgan fingerprint density at radius 3 is 1.94 bits per heavy atom. The Labute approximate surface area is 106 Å². The number of aliphatic carboxylic acids is 1. The molecule has 0 rings (SSSR count). The summed E-state index contributed by atoms with van der Waals surface area (Å²) in [6.07, 6.45) is -2.39. The van der Waals surface area contributed by atoms with Gasteiger partial charge in [-0.25, -0.2) is 4.79 Å². The van der Waals surface area contributed by atoms with Crippen LogP contribution in [0.2, 0.25) is 0 Å². The molecule has 0 aliphatic heterocycles. The highest BCUT2D eigenvalue weighted by Crippen LogP contribution is 2.36. The molecule has 0 aliphatic rings. The summed E-state index contributed by atoms with van der Waals surface area (Å²) in [5, 5.41) is 27.6. The van der Waals surface area contributed by atoms with E-state index in [1.807, 2.05) is 0 Å². The zero-order valence-corrected chi connectivity index (χ0v) is 11.0. The van der Waals surface area contributed by atoms with E-state index in [0.717, 1.165) is 0 Å². The van der Waals surface area contributed by atoms with Gasteiger partial charge in [-0.1, -0.05) is 6.58 Å². The lowest BCUT2D eigenvalue weighted by atomic mass is 9.72. The van der Waals surface area contributed by atoms with Gasteiger partial charge in [0.25, 0.3) is 0 Å². The molecule has 6 heteroatoms. The minimum atomic E-state index is -1.32. The fourth-order valence-electron chi connectivity index (χ4n) is 1.90. The number of hydrogen-bond donors (Lipinski definition) is 3. The van der Waals surface area contributed by atoms with Crippen LogP contribution in [0.5, 0.6) is 0 Å². The Morgan fingerprint density at radius 2 is 1.67 bits per heavy atom. The van der Waals surface area contributed by atoms with Crippen LogP contribution in [-0.2, 0) is 14.3 Å². The van der Waals surface area contributed by atoms with Crippen molar-refractivity contribution in [1.29, 1.82) is 0 Å². The van der Waals surface area contributed by atoms with Crippen LogP contribution in [0.1, 0.15) is 27.7 Å². The number of carboxylic acid groups (broad SMARTS) is 1. The Hall–Kier alpha value is -1.40. The van der Waals surface area contributed by atoms with Gasteiger partial charge in [-0.05, 0) is 27.7 Å². The topological polar surface area (TPSA) is 104 Å². The van der Waals surface area contributed by atoms with Crippen LogP contribution in [-0.4, -0.2) is 39.7 Å². The maximum absolute atomic E-state index is 11.8. The summed E-state index contributed by atoms with van der Waals surface area (Å²) in [6, 6.07) is 0. The second kappa shape index (κ2) is 5.97. The van der Waals surface area contributed by atoms with E-state index >= 15 is 0 Å². The molecule has 0 aliphatic carbocycles. The number of ether oxygens (including phenoxy) is 1. The monoisotopic (exact) mass is 260 g/mol. The van der Waals surface area contributed by atoms with Crippen molar-refractivity contribution in [3.05, 3.63) is 12.2 Å². The minimum Gasteiger partial charge on any atom is -0.478 e. The zero-order valence-electron chi connectivity index (χ0n) is 11.0. The first-order valence-corrected chi connectivity index (χ1v) is 5.51. The molecule has 0 radical (unpaired) electrons. The van der Waals surface area contributed by atoms with Crippen molar-refractivity contribution in [2.75, 3.05) is 0 Å². The molecule has 3 atom stereocenters. The normalized spacial score (nSPS) is 16.6. The third kappa shape index (κ3) is 3.82. The third-order valence-corrected chi connectivity index (χ3v) is 2.71. The van der Waals surface area contributed by atoms with Crippen molar-refractivity contribution >= 4 is 11.9 Å². The molecule has 0 saturated carbocycles. The summed E-state index contributed by atoms with van der Waals surface area (Å²) in [7, 11) is 0. The largest absolute Gasteiger partial charge is 0.478 e. The average Bonchev–Trinajstić information content (AvgIpc) is 2.14. The zero-order chi connectivity index (χ0) is 14.7. The van der Waals surface area contributed by atoms with Crippen molar-refractivity contribution in [2.24, 2.45) is 11.3 Å². The predicted octanol–water partition coefficient (Wildman–Crippen LogP) is 0.532. The van der Waals surface area contributed by atoms with Crippen LogP contribution in [0.15, 0.2) is 12.2 Å². The molecule has 3 N–H and O–H groups in total. The highest BCUT2D eigenvalue weighted by Gasteiger charge is 2.44. The lowest BCUT2D eigenvalue weighted by molar-refractivity contribution is -0.180. The van der Waals surface area contributed by atoms with E-state index in [1.165, 1.54) is 27.7 Å². The molecule has 0 saturated heterocycles. The number of aliphatic hydroxyl groups is 2. The third-order valence-electron chi connectivity index (χ3n) is 2.71.